The molecule has 1 aliphatic rings. The number of alkyl carbamates (subject to hydrolysis) is 1. The molecule has 0 spiro atoms. The Morgan fingerprint density at radius 2 is 1.70 bits per heavy atom. The molecule has 0 aromatic carbocycles. The number of carbonyl (C=O) groups excluding carboxylic acids is 1. The number of unbranched alkanes of at least 4 members (excludes halogenated alkanes) is 4. The molecule has 6 nitrogen and oxygen atoms in total. The zero-order chi connectivity index (χ0) is 17.1. The highest BCUT2D eigenvalue weighted by Gasteiger charge is 2.35. The Balaban J connectivity index is 2.42. The van der Waals surface area contributed by atoms with Crippen molar-refractivity contribution in [2.24, 2.45) is 0 Å². The van der Waals surface area contributed by atoms with Gasteiger partial charge in [0.1, 0.15) is 6.10 Å². The second-order valence-electron chi connectivity index (χ2n) is 5.86. The molecule has 0 bridgehead atoms. The summed E-state index contributed by atoms with van der Waals surface area (Å²) in [7, 11) is -3.07. The van der Waals surface area contributed by atoms with Crippen molar-refractivity contribution in [3.05, 3.63) is 0 Å². The van der Waals surface area contributed by atoms with E-state index in [0.29, 0.717) is 25.8 Å². The van der Waals surface area contributed by atoms with E-state index in [2.05, 4.69) is 12.2 Å². The lowest BCUT2D eigenvalue weighted by molar-refractivity contribution is 0.123. The van der Waals surface area contributed by atoms with Gasteiger partial charge < -0.3 is 19.1 Å². The molecule has 0 unspecified atom stereocenters. The summed E-state index contributed by atoms with van der Waals surface area (Å²) in [6, 6.07) is -0.108. The van der Waals surface area contributed by atoms with Gasteiger partial charge >= 0.3 is 13.7 Å². The zero-order valence-electron chi connectivity index (χ0n) is 14.7. The molecule has 1 saturated heterocycles. The van der Waals surface area contributed by atoms with Crippen LogP contribution in [0.25, 0.3) is 0 Å². The summed E-state index contributed by atoms with van der Waals surface area (Å²) in [6.45, 7) is 6.49. The van der Waals surface area contributed by atoms with Crippen molar-refractivity contribution >= 4 is 13.7 Å². The van der Waals surface area contributed by atoms with Gasteiger partial charge in [0.2, 0.25) is 0 Å². The monoisotopic (exact) mass is 349 g/mol. The van der Waals surface area contributed by atoms with Gasteiger partial charge in [-0.2, -0.15) is 0 Å². The van der Waals surface area contributed by atoms with E-state index in [1.165, 1.54) is 19.3 Å². The molecule has 136 valence electrons. The maximum atomic E-state index is 12.5. The maximum Gasteiger partial charge on any atom is 0.407 e. The highest BCUT2D eigenvalue weighted by atomic mass is 31.2. The molecular formula is C16H32NO5P. The Bertz CT molecular complexity index is 381. The lowest BCUT2D eigenvalue weighted by Crippen LogP contribution is -2.32. The van der Waals surface area contributed by atoms with Gasteiger partial charge in [0.05, 0.1) is 25.4 Å². The molecule has 1 aliphatic heterocycles. The third kappa shape index (κ3) is 7.69. The van der Waals surface area contributed by atoms with E-state index >= 15 is 0 Å². The molecular weight excluding hydrogens is 317 g/mol. The SMILES string of the molecule is CCCCCCC[C@H]1OC(=O)N[C@H]1CCP(=O)(OCC)OCC. The molecule has 2 atom stereocenters. The number of nitrogens with one attached hydrogen (secondary N) is 1. The third-order valence-electron chi connectivity index (χ3n) is 3.97. The molecule has 0 saturated carbocycles. The van der Waals surface area contributed by atoms with Gasteiger partial charge in [-0.15, -0.1) is 0 Å². The van der Waals surface area contributed by atoms with Gasteiger partial charge in [-0.3, -0.25) is 4.57 Å². The van der Waals surface area contributed by atoms with E-state index in [4.69, 9.17) is 13.8 Å². The minimum atomic E-state index is -3.07. The van der Waals surface area contributed by atoms with E-state index in [0.717, 1.165) is 19.3 Å². The molecule has 1 N–H and O–H groups in total. The number of carbonyl (C=O) groups is 1. The fourth-order valence-electron chi connectivity index (χ4n) is 2.82. The van der Waals surface area contributed by atoms with Crippen LogP contribution in [-0.4, -0.2) is 37.6 Å². The molecule has 0 aromatic rings. The minimum absolute atomic E-state index is 0.108. The maximum absolute atomic E-state index is 12.5. The van der Waals surface area contributed by atoms with E-state index in [1.54, 1.807) is 13.8 Å². The van der Waals surface area contributed by atoms with Crippen molar-refractivity contribution in [1.29, 1.82) is 0 Å². The van der Waals surface area contributed by atoms with Gasteiger partial charge in [0.15, 0.2) is 0 Å². The first-order chi connectivity index (χ1) is 11.0. The summed E-state index contributed by atoms with van der Waals surface area (Å²) in [5, 5.41) is 2.82. The van der Waals surface area contributed by atoms with Crippen LogP contribution in [0.4, 0.5) is 4.79 Å². The Hall–Kier alpha value is -0.580. The molecule has 1 amide bonds. The van der Waals surface area contributed by atoms with Crippen molar-refractivity contribution < 1.29 is 23.1 Å². The average molecular weight is 349 g/mol. The predicted molar refractivity (Wildman–Crippen MR) is 90.9 cm³/mol. The second kappa shape index (κ2) is 11.1. The topological polar surface area (TPSA) is 73.9 Å². The van der Waals surface area contributed by atoms with Crippen LogP contribution >= 0.6 is 7.60 Å². The number of amides is 1. The van der Waals surface area contributed by atoms with E-state index in [9.17, 15) is 9.36 Å². The van der Waals surface area contributed by atoms with Crippen molar-refractivity contribution in [2.75, 3.05) is 19.4 Å². The van der Waals surface area contributed by atoms with Crippen LogP contribution in [0.2, 0.25) is 0 Å². The predicted octanol–water partition coefficient (Wildman–Crippen LogP) is 4.48. The van der Waals surface area contributed by atoms with E-state index < -0.39 is 7.60 Å². The summed E-state index contributed by atoms with van der Waals surface area (Å²) in [5.74, 6) is 0. The Morgan fingerprint density at radius 3 is 2.30 bits per heavy atom. The summed E-state index contributed by atoms with van der Waals surface area (Å²) in [5.41, 5.74) is 0. The van der Waals surface area contributed by atoms with Crippen molar-refractivity contribution in [2.45, 2.75) is 77.9 Å². The number of ether oxygens (including phenoxy) is 1. The lowest BCUT2D eigenvalue weighted by atomic mass is 10.0. The fraction of sp³-hybridized carbons (Fsp3) is 0.938. The molecule has 0 radical (unpaired) electrons. The van der Waals surface area contributed by atoms with Crippen LogP contribution in [0.1, 0.15) is 65.7 Å². The van der Waals surface area contributed by atoms with Crippen LogP contribution in [0, 0.1) is 0 Å². The van der Waals surface area contributed by atoms with Crippen LogP contribution in [0.5, 0.6) is 0 Å². The zero-order valence-corrected chi connectivity index (χ0v) is 15.6. The summed E-state index contributed by atoms with van der Waals surface area (Å²) in [4.78, 5) is 11.5. The smallest absolute Gasteiger partial charge is 0.407 e. The Labute approximate surface area is 140 Å². The van der Waals surface area contributed by atoms with Crippen molar-refractivity contribution in [1.82, 2.24) is 5.32 Å². The summed E-state index contributed by atoms with van der Waals surface area (Å²) in [6.07, 6.45) is 7.06. The normalized spacial score (nSPS) is 21.3. The molecule has 0 aromatic heterocycles. The first-order valence-electron chi connectivity index (χ1n) is 8.90. The van der Waals surface area contributed by atoms with Crippen molar-refractivity contribution in [3.63, 3.8) is 0 Å². The average Bonchev–Trinajstić information content (AvgIpc) is 2.86. The molecule has 0 aliphatic carbocycles. The number of cyclic esters (lactones) is 1. The summed E-state index contributed by atoms with van der Waals surface area (Å²) >= 11 is 0. The van der Waals surface area contributed by atoms with Crippen LogP contribution < -0.4 is 5.32 Å². The first kappa shape index (κ1) is 20.5. The van der Waals surface area contributed by atoms with Crippen LogP contribution in [0.3, 0.4) is 0 Å². The number of rotatable bonds is 13. The van der Waals surface area contributed by atoms with Gasteiger partial charge in [-0.25, -0.2) is 4.79 Å². The van der Waals surface area contributed by atoms with Gasteiger partial charge in [-0.1, -0.05) is 32.6 Å². The fourth-order valence-corrected chi connectivity index (χ4v) is 4.54. The molecule has 7 heteroatoms. The van der Waals surface area contributed by atoms with E-state index in [-0.39, 0.29) is 18.2 Å². The standard InChI is InChI=1S/C16H32NO5P/c1-4-7-8-9-10-11-15-14(17-16(18)22-15)12-13-23(19,20-5-2)21-6-3/h14-15H,4-13H2,1-3H3,(H,17,18)/t14-,15+/m0/s1. The quantitative estimate of drug-likeness (QED) is 0.392. The largest absolute Gasteiger partial charge is 0.444 e. The van der Waals surface area contributed by atoms with Gasteiger partial charge in [0, 0.05) is 0 Å². The molecule has 1 heterocycles. The molecule has 1 rings (SSSR count). The number of hydrogen-bond acceptors (Lipinski definition) is 5. The number of hydrogen-bond donors (Lipinski definition) is 1. The highest BCUT2D eigenvalue weighted by molar-refractivity contribution is 7.53. The van der Waals surface area contributed by atoms with Crippen LogP contribution in [-0.2, 0) is 18.3 Å². The second-order valence-corrected chi connectivity index (χ2v) is 8.04. The van der Waals surface area contributed by atoms with E-state index in [1.807, 2.05) is 0 Å². The highest BCUT2D eigenvalue weighted by Crippen LogP contribution is 2.49. The van der Waals surface area contributed by atoms with Gasteiger partial charge in [-0.05, 0) is 33.1 Å². The van der Waals surface area contributed by atoms with Crippen LogP contribution in [0.15, 0.2) is 0 Å². The minimum Gasteiger partial charge on any atom is -0.444 e. The summed E-state index contributed by atoms with van der Waals surface area (Å²) < 4.78 is 28.4. The molecule has 1 fully saturated rings. The lowest BCUT2D eigenvalue weighted by Gasteiger charge is -2.21. The van der Waals surface area contributed by atoms with Gasteiger partial charge in [0.25, 0.3) is 0 Å². The van der Waals surface area contributed by atoms with Crippen molar-refractivity contribution in [3.8, 4) is 0 Å². The Kier molecular flexibility index (Phi) is 9.84. The molecule has 23 heavy (non-hydrogen) atoms. The first-order valence-corrected chi connectivity index (χ1v) is 10.6. The Morgan fingerprint density at radius 1 is 1.04 bits per heavy atom. The third-order valence-corrected chi connectivity index (χ3v) is 6.08.